The summed E-state index contributed by atoms with van der Waals surface area (Å²) in [4.78, 5) is 18.9. The summed E-state index contributed by atoms with van der Waals surface area (Å²) in [6.07, 6.45) is 1.89. The Bertz CT molecular complexity index is 689. The van der Waals surface area contributed by atoms with Crippen LogP contribution in [0, 0.1) is 5.92 Å². The molecule has 1 atom stereocenters. The topological polar surface area (TPSA) is 42.4 Å². The maximum Gasteiger partial charge on any atom is 0.310 e. The maximum absolute atomic E-state index is 12.0. The second-order valence-corrected chi connectivity index (χ2v) is 6.46. The summed E-state index contributed by atoms with van der Waals surface area (Å²) < 4.78 is 6.21. The number of hydrogen-bond donors (Lipinski definition) is 0. The molecule has 1 aliphatic heterocycles. The molecule has 0 spiro atoms. The number of piperidine rings is 1. The van der Waals surface area contributed by atoms with E-state index in [1.165, 1.54) is 0 Å². The van der Waals surface area contributed by atoms with Crippen LogP contribution in [0.25, 0.3) is 10.9 Å². The van der Waals surface area contributed by atoms with E-state index in [4.69, 9.17) is 9.72 Å². The van der Waals surface area contributed by atoms with Gasteiger partial charge in [0, 0.05) is 22.9 Å². The SMILES string of the molecule is CCOC(=O)C1CCCN(c2ccc3cc(Br)ccc3n2)C1. The monoisotopic (exact) mass is 362 g/mol. The lowest BCUT2D eigenvalue weighted by molar-refractivity contribution is -0.148. The Morgan fingerprint density at radius 2 is 2.27 bits per heavy atom. The van der Waals surface area contributed by atoms with Gasteiger partial charge in [-0.15, -0.1) is 0 Å². The van der Waals surface area contributed by atoms with Crippen LogP contribution in [0.15, 0.2) is 34.8 Å². The van der Waals surface area contributed by atoms with Crippen LogP contribution in [-0.2, 0) is 9.53 Å². The van der Waals surface area contributed by atoms with Crippen LogP contribution < -0.4 is 4.90 Å². The molecule has 1 unspecified atom stereocenters. The second kappa shape index (κ2) is 6.65. The van der Waals surface area contributed by atoms with E-state index in [0.29, 0.717) is 13.2 Å². The molecule has 5 heteroatoms. The van der Waals surface area contributed by atoms with Crippen LogP contribution in [0.1, 0.15) is 19.8 Å². The normalized spacial score (nSPS) is 18.5. The molecule has 1 aromatic heterocycles. The zero-order chi connectivity index (χ0) is 15.5. The number of hydrogen-bond acceptors (Lipinski definition) is 4. The number of rotatable bonds is 3. The third kappa shape index (κ3) is 3.24. The van der Waals surface area contributed by atoms with Gasteiger partial charge < -0.3 is 9.64 Å². The average molecular weight is 363 g/mol. The summed E-state index contributed by atoms with van der Waals surface area (Å²) in [6.45, 7) is 3.92. The first kappa shape index (κ1) is 15.3. The van der Waals surface area contributed by atoms with Gasteiger partial charge in [0.15, 0.2) is 0 Å². The van der Waals surface area contributed by atoms with E-state index in [1.54, 1.807) is 0 Å². The number of anilines is 1. The Hall–Kier alpha value is -1.62. The highest BCUT2D eigenvalue weighted by molar-refractivity contribution is 9.10. The van der Waals surface area contributed by atoms with E-state index in [-0.39, 0.29) is 11.9 Å². The number of benzene rings is 1. The molecule has 0 bridgehead atoms. The van der Waals surface area contributed by atoms with E-state index in [9.17, 15) is 4.79 Å². The fourth-order valence-corrected chi connectivity index (χ4v) is 3.28. The van der Waals surface area contributed by atoms with Crippen molar-refractivity contribution < 1.29 is 9.53 Å². The van der Waals surface area contributed by atoms with Gasteiger partial charge in [-0.1, -0.05) is 15.9 Å². The fraction of sp³-hybridized carbons (Fsp3) is 0.412. The van der Waals surface area contributed by atoms with Crippen LogP contribution >= 0.6 is 15.9 Å². The summed E-state index contributed by atoms with van der Waals surface area (Å²) >= 11 is 3.48. The minimum Gasteiger partial charge on any atom is -0.466 e. The number of nitrogens with zero attached hydrogens (tertiary/aromatic N) is 2. The van der Waals surface area contributed by atoms with Crippen LogP contribution in [0.4, 0.5) is 5.82 Å². The van der Waals surface area contributed by atoms with Crippen LogP contribution in [0.3, 0.4) is 0 Å². The molecule has 2 heterocycles. The molecule has 0 N–H and O–H groups in total. The Morgan fingerprint density at radius 3 is 3.09 bits per heavy atom. The Balaban J connectivity index is 1.81. The van der Waals surface area contributed by atoms with E-state index in [2.05, 4.69) is 33.0 Å². The van der Waals surface area contributed by atoms with Gasteiger partial charge in [-0.25, -0.2) is 4.98 Å². The predicted octanol–water partition coefficient (Wildman–Crippen LogP) is 3.78. The number of pyridine rings is 1. The minimum atomic E-state index is -0.0862. The van der Waals surface area contributed by atoms with Gasteiger partial charge in [0.25, 0.3) is 0 Å². The number of halogens is 1. The maximum atomic E-state index is 12.0. The van der Waals surface area contributed by atoms with Gasteiger partial charge in [-0.3, -0.25) is 4.79 Å². The Labute approximate surface area is 138 Å². The number of ether oxygens (including phenoxy) is 1. The number of carbonyl (C=O) groups is 1. The molecule has 1 aromatic carbocycles. The second-order valence-electron chi connectivity index (χ2n) is 5.54. The van der Waals surface area contributed by atoms with E-state index < -0.39 is 0 Å². The smallest absolute Gasteiger partial charge is 0.310 e. The molecule has 0 radical (unpaired) electrons. The first-order chi connectivity index (χ1) is 10.7. The van der Waals surface area contributed by atoms with Crippen LogP contribution in [-0.4, -0.2) is 30.6 Å². The van der Waals surface area contributed by atoms with Crippen molar-refractivity contribution in [2.24, 2.45) is 5.92 Å². The minimum absolute atomic E-state index is 0.0453. The highest BCUT2D eigenvalue weighted by atomic mass is 79.9. The largest absolute Gasteiger partial charge is 0.466 e. The fourth-order valence-electron chi connectivity index (χ4n) is 2.90. The molecule has 1 fully saturated rings. The van der Waals surface area contributed by atoms with Crippen molar-refractivity contribution in [3.63, 3.8) is 0 Å². The molecule has 116 valence electrons. The molecule has 2 aromatic rings. The van der Waals surface area contributed by atoms with Gasteiger partial charge in [0.05, 0.1) is 18.0 Å². The number of aromatic nitrogens is 1. The zero-order valence-corrected chi connectivity index (χ0v) is 14.2. The summed E-state index contributed by atoms with van der Waals surface area (Å²) in [5, 5.41) is 1.11. The summed E-state index contributed by atoms with van der Waals surface area (Å²) in [6, 6.07) is 10.2. The number of esters is 1. The molecule has 22 heavy (non-hydrogen) atoms. The molecular weight excluding hydrogens is 344 g/mol. The first-order valence-electron chi connectivity index (χ1n) is 7.65. The van der Waals surface area contributed by atoms with Crippen molar-refractivity contribution in [1.82, 2.24) is 4.98 Å². The van der Waals surface area contributed by atoms with Crippen LogP contribution in [0.2, 0.25) is 0 Å². The van der Waals surface area contributed by atoms with Gasteiger partial charge in [-0.05, 0) is 50.1 Å². The lowest BCUT2D eigenvalue weighted by Gasteiger charge is -2.32. The molecule has 0 aliphatic carbocycles. The summed E-state index contributed by atoms with van der Waals surface area (Å²) in [5.74, 6) is 0.803. The number of carbonyl (C=O) groups excluding carboxylic acids is 1. The van der Waals surface area contributed by atoms with Crippen molar-refractivity contribution >= 4 is 38.6 Å². The molecule has 0 amide bonds. The van der Waals surface area contributed by atoms with Crippen molar-refractivity contribution in [3.8, 4) is 0 Å². The number of fused-ring (bicyclic) bond motifs is 1. The Morgan fingerprint density at radius 1 is 1.41 bits per heavy atom. The molecule has 4 nitrogen and oxygen atoms in total. The van der Waals surface area contributed by atoms with Crippen molar-refractivity contribution in [3.05, 3.63) is 34.8 Å². The standard InChI is InChI=1S/C17H19BrN2O2/c1-2-22-17(21)13-4-3-9-20(11-13)16-8-5-12-10-14(18)6-7-15(12)19-16/h5-8,10,13H,2-4,9,11H2,1H3. The predicted molar refractivity (Wildman–Crippen MR) is 91.0 cm³/mol. The molecule has 3 rings (SSSR count). The van der Waals surface area contributed by atoms with Crippen molar-refractivity contribution in [2.75, 3.05) is 24.6 Å². The van der Waals surface area contributed by atoms with E-state index in [1.807, 2.05) is 25.1 Å². The van der Waals surface area contributed by atoms with Crippen molar-refractivity contribution in [1.29, 1.82) is 0 Å². The van der Waals surface area contributed by atoms with Gasteiger partial charge >= 0.3 is 5.97 Å². The first-order valence-corrected chi connectivity index (χ1v) is 8.44. The lowest BCUT2D eigenvalue weighted by Crippen LogP contribution is -2.39. The quantitative estimate of drug-likeness (QED) is 0.779. The van der Waals surface area contributed by atoms with Gasteiger partial charge in [-0.2, -0.15) is 0 Å². The zero-order valence-electron chi connectivity index (χ0n) is 12.6. The highest BCUT2D eigenvalue weighted by Crippen LogP contribution is 2.26. The van der Waals surface area contributed by atoms with Gasteiger partial charge in [0.2, 0.25) is 0 Å². The Kier molecular flexibility index (Phi) is 4.62. The molecular formula is C17H19BrN2O2. The average Bonchev–Trinajstić information content (AvgIpc) is 2.54. The van der Waals surface area contributed by atoms with E-state index >= 15 is 0 Å². The van der Waals surface area contributed by atoms with E-state index in [0.717, 1.165) is 40.6 Å². The van der Waals surface area contributed by atoms with Crippen molar-refractivity contribution in [2.45, 2.75) is 19.8 Å². The molecule has 1 saturated heterocycles. The molecule has 1 aliphatic rings. The summed E-state index contributed by atoms with van der Waals surface area (Å²) in [5.41, 5.74) is 0.971. The van der Waals surface area contributed by atoms with Crippen LogP contribution in [0.5, 0.6) is 0 Å². The highest BCUT2D eigenvalue weighted by Gasteiger charge is 2.27. The lowest BCUT2D eigenvalue weighted by atomic mass is 9.98. The third-order valence-electron chi connectivity index (χ3n) is 4.00. The van der Waals surface area contributed by atoms with Gasteiger partial charge in [0.1, 0.15) is 5.82 Å². The molecule has 0 saturated carbocycles. The third-order valence-corrected chi connectivity index (χ3v) is 4.50. The summed E-state index contributed by atoms with van der Waals surface area (Å²) in [7, 11) is 0.